The van der Waals surface area contributed by atoms with E-state index in [0.29, 0.717) is 6.54 Å². The molecule has 142 valence electrons. The van der Waals surface area contributed by atoms with Crippen LogP contribution in [0, 0.1) is 0 Å². The van der Waals surface area contributed by atoms with E-state index in [1.54, 1.807) is 14.2 Å². The van der Waals surface area contributed by atoms with Crippen molar-refractivity contribution in [1.82, 2.24) is 10.6 Å². The zero-order valence-electron chi connectivity index (χ0n) is 15.6. The third kappa shape index (κ3) is 6.74. The van der Waals surface area contributed by atoms with Crippen LogP contribution in [0.15, 0.2) is 53.5 Å². The Labute approximate surface area is 173 Å². The molecule has 0 radical (unpaired) electrons. The normalized spacial score (nSPS) is 10.7. The van der Waals surface area contributed by atoms with Crippen LogP contribution in [0.3, 0.4) is 0 Å². The second-order valence-electron chi connectivity index (χ2n) is 5.51. The van der Waals surface area contributed by atoms with Crippen molar-refractivity contribution in [3.05, 3.63) is 59.7 Å². The van der Waals surface area contributed by atoms with Gasteiger partial charge in [-0.2, -0.15) is 0 Å². The van der Waals surface area contributed by atoms with Crippen molar-refractivity contribution in [3.63, 3.8) is 0 Å². The van der Waals surface area contributed by atoms with E-state index >= 15 is 0 Å². The molecule has 2 rings (SSSR count). The van der Waals surface area contributed by atoms with Gasteiger partial charge in [0.15, 0.2) is 17.5 Å². The molecule has 0 amide bonds. The third-order valence-electron chi connectivity index (χ3n) is 3.79. The minimum atomic E-state index is 0. The topological polar surface area (TPSA) is 54.9 Å². The van der Waals surface area contributed by atoms with Crippen molar-refractivity contribution in [1.29, 1.82) is 0 Å². The van der Waals surface area contributed by atoms with Crippen molar-refractivity contribution in [3.8, 4) is 11.5 Å². The maximum absolute atomic E-state index is 5.46. The lowest BCUT2D eigenvalue weighted by atomic mass is 10.1. The Morgan fingerprint density at radius 1 is 0.962 bits per heavy atom. The Balaban J connectivity index is 0.00000338. The van der Waals surface area contributed by atoms with Crippen molar-refractivity contribution >= 4 is 29.9 Å². The summed E-state index contributed by atoms with van der Waals surface area (Å²) >= 11 is 0. The lowest BCUT2D eigenvalue weighted by molar-refractivity contribution is 0.352. The van der Waals surface area contributed by atoms with E-state index in [9.17, 15) is 0 Å². The number of hydrogen-bond donors (Lipinski definition) is 2. The minimum Gasteiger partial charge on any atom is -0.493 e. The van der Waals surface area contributed by atoms with E-state index in [-0.39, 0.29) is 24.0 Å². The molecule has 0 aliphatic heterocycles. The molecule has 26 heavy (non-hydrogen) atoms. The fraction of sp³-hybridized carbons (Fsp3) is 0.350. The molecule has 2 aromatic carbocycles. The predicted molar refractivity (Wildman–Crippen MR) is 118 cm³/mol. The lowest BCUT2D eigenvalue weighted by Crippen LogP contribution is -2.38. The van der Waals surface area contributed by atoms with Gasteiger partial charge in [-0.25, -0.2) is 4.99 Å². The summed E-state index contributed by atoms with van der Waals surface area (Å²) in [5.74, 6) is 2.24. The summed E-state index contributed by atoms with van der Waals surface area (Å²) in [5, 5.41) is 6.64. The predicted octanol–water partition coefficient (Wildman–Crippen LogP) is 3.62. The number of halogens is 1. The van der Waals surface area contributed by atoms with Crippen LogP contribution in [-0.2, 0) is 13.0 Å². The van der Waals surface area contributed by atoms with Gasteiger partial charge in [-0.05, 0) is 25.0 Å². The summed E-state index contributed by atoms with van der Waals surface area (Å²) in [6.07, 6.45) is 0.952. The van der Waals surface area contributed by atoms with E-state index in [0.717, 1.165) is 42.5 Å². The van der Waals surface area contributed by atoms with E-state index in [1.807, 2.05) is 24.3 Å². The van der Waals surface area contributed by atoms with Gasteiger partial charge in [-0.15, -0.1) is 24.0 Å². The van der Waals surface area contributed by atoms with Gasteiger partial charge in [0.05, 0.1) is 20.8 Å². The second-order valence-corrected chi connectivity index (χ2v) is 5.51. The molecule has 0 unspecified atom stereocenters. The molecule has 2 aromatic rings. The standard InChI is InChI=1S/C20H27N3O2.HI/c1-4-21-20(22-14-13-16-9-6-5-7-10-16)23-15-17-11-8-12-18(24-2)19(17)25-3;/h5-12H,4,13-15H2,1-3H3,(H2,21,22,23);1H. The number of para-hydroxylation sites is 1. The highest BCUT2D eigenvalue weighted by Gasteiger charge is 2.09. The van der Waals surface area contributed by atoms with Gasteiger partial charge in [-0.1, -0.05) is 42.5 Å². The summed E-state index contributed by atoms with van der Waals surface area (Å²) < 4.78 is 10.8. The van der Waals surface area contributed by atoms with Crippen LogP contribution in [0.2, 0.25) is 0 Å². The Morgan fingerprint density at radius 3 is 2.38 bits per heavy atom. The van der Waals surface area contributed by atoms with Gasteiger partial charge in [0.2, 0.25) is 0 Å². The van der Waals surface area contributed by atoms with Gasteiger partial charge < -0.3 is 20.1 Å². The highest BCUT2D eigenvalue weighted by Crippen LogP contribution is 2.30. The Hall–Kier alpha value is -1.96. The van der Waals surface area contributed by atoms with Crippen molar-refractivity contribution in [2.45, 2.75) is 19.9 Å². The quantitative estimate of drug-likeness (QED) is 0.353. The number of rotatable bonds is 8. The molecule has 0 heterocycles. The van der Waals surface area contributed by atoms with E-state index < -0.39 is 0 Å². The Morgan fingerprint density at radius 2 is 1.73 bits per heavy atom. The van der Waals surface area contributed by atoms with Crippen LogP contribution in [0.4, 0.5) is 0 Å². The first-order valence-electron chi connectivity index (χ1n) is 8.54. The molecular weight excluding hydrogens is 441 g/mol. The first-order chi connectivity index (χ1) is 12.3. The monoisotopic (exact) mass is 469 g/mol. The van der Waals surface area contributed by atoms with Crippen LogP contribution in [0.5, 0.6) is 11.5 Å². The average molecular weight is 469 g/mol. The molecule has 0 aromatic heterocycles. The van der Waals surface area contributed by atoms with Crippen molar-refractivity contribution in [2.24, 2.45) is 4.99 Å². The van der Waals surface area contributed by atoms with Crippen LogP contribution < -0.4 is 20.1 Å². The molecule has 0 spiro atoms. The SMILES string of the molecule is CCNC(=NCc1cccc(OC)c1OC)NCCc1ccccc1.I. The van der Waals surface area contributed by atoms with Crippen LogP contribution in [0.25, 0.3) is 0 Å². The molecule has 0 fully saturated rings. The number of guanidine groups is 1. The Bertz CT molecular complexity index is 678. The summed E-state index contributed by atoms with van der Waals surface area (Å²) in [5.41, 5.74) is 2.29. The molecule has 0 saturated carbocycles. The Kier molecular flexibility index (Phi) is 10.5. The molecule has 6 heteroatoms. The molecule has 5 nitrogen and oxygen atoms in total. The van der Waals surface area contributed by atoms with Gasteiger partial charge in [0.1, 0.15) is 0 Å². The number of aliphatic imine (C=N–C) groups is 1. The number of nitrogens with one attached hydrogen (secondary N) is 2. The molecule has 2 N–H and O–H groups in total. The summed E-state index contributed by atoms with van der Waals surface area (Å²) in [4.78, 5) is 4.66. The minimum absolute atomic E-state index is 0. The van der Waals surface area contributed by atoms with Gasteiger partial charge in [0, 0.05) is 18.7 Å². The lowest BCUT2D eigenvalue weighted by Gasteiger charge is -2.13. The van der Waals surface area contributed by atoms with Gasteiger partial charge in [-0.3, -0.25) is 0 Å². The number of methoxy groups -OCH3 is 2. The first-order valence-corrected chi connectivity index (χ1v) is 8.54. The van der Waals surface area contributed by atoms with E-state index in [2.05, 4.69) is 46.8 Å². The number of benzene rings is 2. The van der Waals surface area contributed by atoms with E-state index in [1.165, 1.54) is 5.56 Å². The summed E-state index contributed by atoms with van der Waals surface area (Å²) in [6, 6.07) is 16.2. The van der Waals surface area contributed by atoms with Crippen LogP contribution in [-0.4, -0.2) is 33.3 Å². The summed E-state index contributed by atoms with van der Waals surface area (Å²) in [7, 11) is 3.29. The summed E-state index contributed by atoms with van der Waals surface area (Å²) in [6.45, 7) is 4.21. The highest BCUT2D eigenvalue weighted by atomic mass is 127. The van der Waals surface area contributed by atoms with Crippen molar-refractivity contribution in [2.75, 3.05) is 27.3 Å². The maximum Gasteiger partial charge on any atom is 0.191 e. The van der Waals surface area contributed by atoms with Crippen LogP contribution in [0.1, 0.15) is 18.1 Å². The zero-order chi connectivity index (χ0) is 17.9. The molecule has 0 saturated heterocycles. The molecule has 0 atom stereocenters. The number of hydrogen-bond acceptors (Lipinski definition) is 3. The molecule has 0 bridgehead atoms. The molecule has 0 aliphatic carbocycles. The number of ether oxygens (including phenoxy) is 2. The number of nitrogens with zero attached hydrogens (tertiary/aromatic N) is 1. The van der Waals surface area contributed by atoms with Crippen molar-refractivity contribution < 1.29 is 9.47 Å². The largest absolute Gasteiger partial charge is 0.493 e. The second kappa shape index (κ2) is 12.4. The van der Waals surface area contributed by atoms with E-state index in [4.69, 9.17) is 9.47 Å². The fourth-order valence-corrected chi connectivity index (χ4v) is 2.55. The maximum atomic E-state index is 5.46. The average Bonchev–Trinajstić information content (AvgIpc) is 2.66. The first kappa shape index (κ1) is 22.1. The van der Waals surface area contributed by atoms with Gasteiger partial charge in [0.25, 0.3) is 0 Å². The molecule has 0 aliphatic rings. The third-order valence-corrected chi connectivity index (χ3v) is 3.79. The fourth-order valence-electron chi connectivity index (χ4n) is 2.55. The smallest absolute Gasteiger partial charge is 0.191 e. The highest BCUT2D eigenvalue weighted by molar-refractivity contribution is 14.0. The van der Waals surface area contributed by atoms with Gasteiger partial charge >= 0.3 is 0 Å². The zero-order valence-corrected chi connectivity index (χ0v) is 17.9. The molecular formula is C20H28IN3O2. The van der Waals surface area contributed by atoms with Crippen LogP contribution >= 0.6 is 24.0 Å².